The first-order valence-electron chi connectivity index (χ1n) is 8.24. The Hall–Kier alpha value is -1.31. The van der Waals surface area contributed by atoms with Crippen LogP contribution in [0.1, 0.15) is 45.4 Å². The Labute approximate surface area is 139 Å². The van der Waals surface area contributed by atoms with Crippen LogP contribution >= 0.6 is 0 Å². The number of carbonyl (C=O) groups is 1. The van der Waals surface area contributed by atoms with Gasteiger partial charge in [0.25, 0.3) is 0 Å². The van der Waals surface area contributed by atoms with Crippen LogP contribution in [-0.2, 0) is 14.6 Å². The van der Waals surface area contributed by atoms with Gasteiger partial charge in [0.05, 0.1) is 5.75 Å². The maximum atomic E-state index is 11.8. The number of aliphatic imine (C=N–C) groups is 1. The number of nitrogens with zero attached hydrogens (tertiary/aromatic N) is 1. The predicted octanol–water partition coefficient (Wildman–Crippen LogP) is 0.424. The van der Waals surface area contributed by atoms with Crippen LogP contribution in [0.5, 0.6) is 0 Å². The number of hydrogen-bond donors (Lipinski definition) is 3. The molecule has 0 radical (unpaired) electrons. The predicted molar refractivity (Wildman–Crippen MR) is 93.3 cm³/mol. The molecule has 0 aromatic carbocycles. The van der Waals surface area contributed by atoms with Crippen LogP contribution in [0.25, 0.3) is 0 Å². The zero-order chi connectivity index (χ0) is 17.3. The fraction of sp³-hybridized carbons (Fsp3) is 0.867. The summed E-state index contributed by atoms with van der Waals surface area (Å²) in [5, 5.41) is 9.25. The molecule has 7 nitrogen and oxygen atoms in total. The molecule has 0 spiro atoms. The lowest BCUT2D eigenvalue weighted by Gasteiger charge is -2.18. The maximum absolute atomic E-state index is 11.8. The van der Waals surface area contributed by atoms with Gasteiger partial charge in [-0.25, -0.2) is 8.42 Å². The summed E-state index contributed by atoms with van der Waals surface area (Å²) in [6.07, 6.45) is 6.71. The van der Waals surface area contributed by atoms with Gasteiger partial charge in [-0.05, 0) is 26.2 Å². The van der Waals surface area contributed by atoms with Crippen LogP contribution in [0.3, 0.4) is 0 Å². The second-order valence-electron chi connectivity index (χ2n) is 6.26. The van der Waals surface area contributed by atoms with Crippen molar-refractivity contribution in [1.29, 1.82) is 0 Å². The maximum Gasteiger partial charge on any atom is 0.221 e. The molecule has 1 aliphatic carbocycles. The lowest BCUT2D eigenvalue weighted by Crippen LogP contribution is -2.44. The van der Waals surface area contributed by atoms with Gasteiger partial charge in [0.2, 0.25) is 5.91 Å². The number of hydrogen-bond acceptors (Lipinski definition) is 4. The number of carbonyl (C=O) groups excluding carboxylic acids is 1. The molecule has 0 saturated heterocycles. The highest BCUT2D eigenvalue weighted by Crippen LogP contribution is 2.17. The van der Waals surface area contributed by atoms with E-state index in [0.29, 0.717) is 31.4 Å². The summed E-state index contributed by atoms with van der Waals surface area (Å²) in [5.74, 6) is 0.784. The van der Waals surface area contributed by atoms with Gasteiger partial charge in [-0.3, -0.25) is 9.79 Å². The highest BCUT2D eigenvalue weighted by molar-refractivity contribution is 7.90. The van der Waals surface area contributed by atoms with Crippen molar-refractivity contribution in [1.82, 2.24) is 16.0 Å². The minimum absolute atomic E-state index is 0.0109. The third-order valence-electron chi connectivity index (χ3n) is 3.89. The molecule has 1 atom stereocenters. The molecule has 0 aliphatic heterocycles. The Morgan fingerprint density at radius 1 is 1.30 bits per heavy atom. The summed E-state index contributed by atoms with van der Waals surface area (Å²) < 4.78 is 22.3. The van der Waals surface area contributed by atoms with Crippen LogP contribution in [0.15, 0.2) is 4.99 Å². The van der Waals surface area contributed by atoms with Gasteiger partial charge in [0.15, 0.2) is 5.96 Å². The van der Waals surface area contributed by atoms with E-state index in [1.165, 1.54) is 19.1 Å². The van der Waals surface area contributed by atoms with Crippen molar-refractivity contribution in [2.24, 2.45) is 4.99 Å². The van der Waals surface area contributed by atoms with E-state index in [1.54, 1.807) is 7.05 Å². The molecule has 0 bridgehead atoms. The minimum atomic E-state index is -2.95. The van der Waals surface area contributed by atoms with Crippen molar-refractivity contribution in [3.8, 4) is 0 Å². The third kappa shape index (κ3) is 9.43. The molecule has 1 amide bonds. The number of guanidine groups is 1. The second kappa shape index (κ2) is 9.75. The fourth-order valence-electron chi connectivity index (χ4n) is 2.56. The van der Waals surface area contributed by atoms with Crippen molar-refractivity contribution >= 4 is 21.7 Å². The lowest BCUT2D eigenvalue weighted by atomic mass is 10.2. The molecule has 3 N–H and O–H groups in total. The Bertz CT molecular complexity index is 499. The lowest BCUT2D eigenvalue weighted by molar-refractivity contribution is -0.121. The van der Waals surface area contributed by atoms with Crippen LogP contribution in [0, 0.1) is 0 Å². The van der Waals surface area contributed by atoms with E-state index in [-0.39, 0.29) is 17.7 Å². The Balaban J connectivity index is 2.21. The van der Waals surface area contributed by atoms with Gasteiger partial charge < -0.3 is 16.0 Å². The summed E-state index contributed by atoms with van der Waals surface area (Å²) in [5.41, 5.74) is 0. The Morgan fingerprint density at radius 2 is 1.96 bits per heavy atom. The molecular formula is C15H30N4O3S. The van der Waals surface area contributed by atoms with Crippen molar-refractivity contribution in [3.63, 3.8) is 0 Å². The third-order valence-corrected chi connectivity index (χ3v) is 4.87. The highest BCUT2D eigenvalue weighted by atomic mass is 32.2. The topological polar surface area (TPSA) is 99.7 Å². The molecule has 1 fully saturated rings. The zero-order valence-corrected chi connectivity index (χ0v) is 15.2. The van der Waals surface area contributed by atoms with Crippen molar-refractivity contribution in [3.05, 3.63) is 0 Å². The quantitative estimate of drug-likeness (QED) is 0.437. The molecule has 8 heteroatoms. The normalized spacial score (nSPS) is 17.8. The van der Waals surface area contributed by atoms with E-state index in [1.807, 2.05) is 6.92 Å². The average molecular weight is 346 g/mol. The first-order chi connectivity index (χ1) is 10.8. The van der Waals surface area contributed by atoms with Crippen LogP contribution < -0.4 is 16.0 Å². The van der Waals surface area contributed by atoms with Crippen molar-refractivity contribution in [2.75, 3.05) is 25.6 Å². The van der Waals surface area contributed by atoms with Crippen LogP contribution in [-0.4, -0.2) is 58.0 Å². The molecule has 0 heterocycles. The largest absolute Gasteiger partial charge is 0.356 e. The van der Waals surface area contributed by atoms with E-state index in [2.05, 4.69) is 20.9 Å². The fourth-order valence-corrected chi connectivity index (χ4v) is 3.34. The molecular weight excluding hydrogens is 316 g/mol. The highest BCUT2D eigenvalue weighted by Gasteiger charge is 2.16. The van der Waals surface area contributed by atoms with Gasteiger partial charge in [0, 0.05) is 38.4 Å². The van der Waals surface area contributed by atoms with Gasteiger partial charge in [0.1, 0.15) is 9.84 Å². The number of rotatable bonds is 8. The van der Waals surface area contributed by atoms with Gasteiger partial charge >= 0.3 is 0 Å². The zero-order valence-electron chi connectivity index (χ0n) is 14.4. The standard InChI is InChI=1S/C15H30N4O3S/c1-12(9-11-23(3,21)22)18-15(16-2)17-10-8-14(20)19-13-6-4-5-7-13/h12-13H,4-11H2,1-3H3,(H,19,20)(H2,16,17,18). The van der Waals surface area contributed by atoms with Crippen molar-refractivity contribution < 1.29 is 13.2 Å². The van der Waals surface area contributed by atoms with E-state index < -0.39 is 9.84 Å². The van der Waals surface area contributed by atoms with Crippen LogP contribution in [0.2, 0.25) is 0 Å². The first-order valence-corrected chi connectivity index (χ1v) is 10.3. The monoisotopic (exact) mass is 346 g/mol. The molecule has 0 aromatic heterocycles. The molecule has 1 rings (SSSR count). The first kappa shape index (κ1) is 19.7. The molecule has 1 aliphatic rings. The summed E-state index contributed by atoms with van der Waals surface area (Å²) in [6.45, 7) is 2.40. The number of sulfone groups is 1. The summed E-state index contributed by atoms with van der Waals surface area (Å²) in [7, 11) is -1.30. The smallest absolute Gasteiger partial charge is 0.221 e. The van der Waals surface area contributed by atoms with Gasteiger partial charge in [-0.2, -0.15) is 0 Å². The van der Waals surface area contributed by atoms with Crippen molar-refractivity contribution in [2.45, 2.75) is 57.5 Å². The molecule has 134 valence electrons. The Morgan fingerprint density at radius 3 is 2.52 bits per heavy atom. The number of amides is 1. The summed E-state index contributed by atoms with van der Waals surface area (Å²) in [6, 6.07) is 0.333. The molecule has 1 unspecified atom stereocenters. The molecule has 0 aromatic rings. The average Bonchev–Trinajstić information content (AvgIpc) is 2.96. The summed E-state index contributed by atoms with van der Waals surface area (Å²) in [4.78, 5) is 15.9. The van der Waals surface area contributed by atoms with E-state index in [0.717, 1.165) is 12.8 Å². The van der Waals surface area contributed by atoms with Gasteiger partial charge in [-0.1, -0.05) is 12.8 Å². The van der Waals surface area contributed by atoms with E-state index >= 15 is 0 Å². The van der Waals surface area contributed by atoms with Crippen LogP contribution in [0.4, 0.5) is 0 Å². The minimum Gasteiger partial charge on any atom is -0.356 e. The second-order valence-corrected chi connectivity index (χ2v) is 8.52. The number of nitrogens with one attached hydrogen (secondary N) is 3. The Kier molecular flexibility index (Phi) is 8.36. The molecule has 1 saturated carbocycles. The SMILES string of the molecule is CN=C(NCCC(=O)NC1CCCC1)NC(C)CCS(C)(=O)=O. The summed E-state index contributed by atoms with van der Waals surface area (Å²) >= 11 is 0. The van der Waals surface area contributed by atoms with E-state index in [9.17, 15) is 13.2 Å². The van der Waals surface area contributed by atoms with E-state index in [4.69, 9.17) is 0 Å². The molecule has 23 heavy (non-hydrogen) atoms. The van der Waals surface area contributed by atoms with Gasteiger partial charge in [-0.15, -0.1) is 0 Å².